The van der Waals surface area contributed by atoms with Crippen molar-refractivity contribution in [2.45, 2.75) is 25.3 Å². The van der Waals surface area contributed by atoms with Gasteiger partial charge in [-0.05, 0) is 48.4 Å². The zero-order valence-corrected chi connectivity index (χ0v) is 12.9. The lowest BCUT2D eigenvalue weighted by Crippen LogP contribution is -2.04. The number of rotatable bonds is 5. The van der Waals surface area contributed by atoms with E-state index in [1.165, 1.54) is 6.07 Å². The molecule has 0 aliphatic heterocycles. The molecule has 3 nitrogen and oxygen atoms in total. The van der Waals surface area contributed by atoms with Crippen molar-refractivity contribution >= 4 is 15.5 Å². The van der Waals surface area contributed by atoms with Gasteiger partial charge in [-0.3, -0.25) is 0 Å². The lowest BCUT2D eigenvalue weighted by Gasteiger charge is -2.08. The molecule has 0 aromatic heterocycles. The van der Waals surface area contributed by atoms with E-state index in [0.29, 0.717) is 17.0 Å². The second-order valence-electron chi connectivity index (χ2n) is 4.86. The van der Waals surface area contributed by atoms with E-state index in [4.69, 9.17) is 0 Å². The Morgan fingerprint density at radius 1 is 1.10 bits per heavy atom. The molecule has 5 heteroatoms. The smallest absolute Gasteiger partial charge is 0.178 e. The molecule has 112 valence electrons. The second-order valence-corrected chi connectivity index (χ2v) is 7.14. The van der Waals surface area contributed by atoms with Crippen molar-refractivity contribution < 1.29 is 12.8 Å². The Morgan fingerprint density at radius 3 is 2.33 bits per heavy atom. The summed E-state index contributed by atoms with van der Waals surface area (Å²) in [5, 5.41) is 3.19. The first-order valence-corrected chi connectivity index (χ1v) is 8.39. The highest BCUT2D eigenvalue weighted by Gasteiger charge is 2.10. The van der Waals surface area contributed by atoms with E-state index in [1.54, 1.807) is 50.2 Å². The minimum atomic E-state index is -3.16. The number of hydrogen-bond donors (Lipinski definition) is 1. The van der Waals surface area contributed by atoms with Crippen molar-refractivity contribution in [2.24, 2.45) is 0 Å². The number of anilines is 1. The van der Waals surface area contributed by atoms with Crippen LogP contribution in [0.4, 0.5) is 10.1 Å². The van der Waals surface area contributed by atoms with Gasteiger partial charge in [-0.25, -0.2) is 12.8 Å². The molecule has 0 unspecified atom stereocenters. The summed E-state index contributed by atoms with van der Waals surface area (Å²) in [5.74, 6) is -0.123. The van der Waals surface area contributed by atoms with E-state index < -0.39 is 9.84 Å². The van der Waals surface area contributed by atoms with Crippen LogP contribution in [0, 0.1) is 12.7 Å². The maximum atomic E-state index is 13.2. The van der Waals surface area contributed by atoms with Gasteiger partial charge < -0.3 is 5.32 Å². The molecule has 1 N–H and O–H groups in total. The van der Waals surface area contributed by atoms with Gasteiger partial charge in [0.2, 0.25) is 0 Å². The van der Waals surface area contributed by atoms with Crippen molar-refractivity contribution in [3.05, 3.63) is 59.4 Å². The Hall–Kier alpha value is -1.88. The highest BCUT2D eigenvalue weighted by Crippen LogP contribution is 2.16. The highest BCUT2D eigenvalue weighted by atomic mass is 32.2. The standard InChI is InChI=1S/C16H18FNO2S/c1-3-21(19,20)15-7-5-14(6-8-15)18-11-13-4-9-16(17)12(2)10-13/h4-10,18H,3,11H2,1-2H3. The quantitative estimate of drug-likeness (QED) is 0.919. The van der Waals surface area contributed by atoms with Crippen LogP contribution in [0.5, 0.6) is 0 Å². The summed E-state index contributed by atoms with van der Waals surface area (Å²) in [5.41, 5.74) is 2.41. The monoisotopic (exact) mass is 307 g/mol. The second kappa shape index (κ2) is 6.26. The van der Waals surface area contributed by atoms with Gasteiger partial charge in [0.05, 0.1) is 10.6 Å². The van der Waals surface area contributed by atoms with Gasteiger partial charge in [-0.1, -0.05) is 19.1 Å². The number of aryl methyl sites for hydroxylation is 1. The summed E-state index contributed by atoms with van der Waals surface area (Å²) in [7, 11) is -3.16. The van der Waals surface area contributed by atoms with Crippen LogP contribution in [0.1, 0.15) is 18.1 Å². The first-order chi connectivity index (χ1) is 9.92. The summed E-state index contributed by atoms with van der Waals surface area (Å²) >= 11 is 0. The van der Waals surface area contributed by atoms with Crippen molar-refractivity contribution in [1.82, 2.24) is 0 Å². The van der Waals surface area contributed by atoms with Gasteiger partial charge in [0, 0.05) is 12.2 Å². The van der Waals surface area contributed by atoms with E-state index in [1.807, 2.05) is 0 Å². The van der Waals surface area contributed by atoms with E-state index in [-0.39, 0.29) is 11.6 Å². The third kappa shape index (κ3) is 3.82. The van der Waals surface area contributed by atoms with Crippen LogP contribution in [0.15, 0.2) is 47.4 Å². The minimum Gasteiger partial charge on any atom is -0.381 e. The summed E-state index contributed by atoms with van der Waals surface area (Å²) in [6, 6.07) is 11.6. The molecule has 0 saturated carbocycles. The zero-order chi connectivity index (χ0) is 15.5. The molecule has 0 atom stereocenters. The number of benzene rings is 2. The van der Waals surface area contributed by atoms with Crippen LogP contribution < -0.4 is 5.32 Å². The van der Waals surface area contributed by atoms with Crippen molar-refractivity contribution in [2.75, 3.05) is 11.1 Å². The fourth-order valence-electron chi connectivity index (χ4n) is 1.97. The summed E-state index contributed by atoms with van der Waals surface area (Å²) in [6.07, 6.45) is 0. The highest BCUT2D eigenvalue weighted by molar-refractivity contribution is 7.91. The molecule has 0 aliphatic rings. The average Bonchev–Trinajstić information content (AvgIpc) is 2.49. The SMILES string of the molecule is CCS(=O)(=O)c1ccc(NCc2ccc(F)c(C)c2)cc1. The molecule has 2 aromatic rings. The third-order valence-electron chi connectivity index (χ3n) is 3.31. The molecule has 0 saturated heterocycles. The van der Waals surface area contributed by atoms with Gasteiger partial charge in [-0.2, -0.15) is 0 Å². The molecule has 0 radical (unpaired) electrons. The van der Waals surface area contributed by atoms with E-state index in [2.05, 4.69) is 5.32 Å². The molecule has 0 aliphatic carbocycles. The Bertz CT molecular complexity index is 724. The fraction of sp³-hybridized carbons (Fsp3) is 0.250. The number of sulfone groups is 1. The van der Waals surface area contributed by atoms with Crippen molar-refractivity contribution in [1.29, 1.82) is 0 Å². The van der Waals surface area contributed by atoms with E-state index in [0.717, 1.165) is 11.3 Å². The topological polar surface area (TPSA) is 46.2 Å². The van der Waals surface area contributed by atoms with Gasteiger partial charge in [-0.15, -0.1) is 0 Å². The molecule has 0 fully saturated rings. The van der Waals surface area contributed by atoms with Gasteiger partial charge >= 0.3 is 0 Å². The van der Waals surface area contributed by atoms with Gasteiger partial charge in [0.1, 0.15) is 5.82 Å². The van der Waals surface area contributed by atoms with E-state index >= 15 is 0 Å². The first-order valence-electron chi connectivity index (χ1n) is 6.74. The lowest BCUT2D eigenvalue weighted by molar-refractivity contribution is 0.597. The Kier molecular flexibility index (Phi) is 4.63. The summed E-state index contributed by atoms with van der Waals surface area (Å²) < 4.78 is 36.6. The lowest BCUT2D eigenvalue weighted by atomic mass is 10.1. The number of nitrogens with one attached hydrogen (secondary N) is 1. The average molecular weight is 307 g/mol. The van der Waals surface area contributed by atoms with Crippen LogP contribution in [0.2, 0.25) is 0 Å². The molecule has 0 amide bonds. The van der Waals surface area contributed by atoms with Crippen LogP contribution in [0.25, 0.3) is 0 Å². The van der Waals surface area contributed by atoms with Gasteiger partial charge in [0.25, 0.3) is 0 Å². The minimum absolute atomic E-state index is 0.0919. The molecular formula is C16H18FNO2S. The number of hydrogen-bond acceptors (Lipinski definition) is 3. The molecule has 21 heavy (non-hydrogen) atoms. The molecular weight excluding hydrogens is 289 g/mol. The zero-order valence-electron chi connectivity index (χ0n) is 12.1. The van der Waals surface area contributed by atoms with Crippen LogP contribution in [0.3, 0.4) is 0 Å². The van der Waals surface area contributed by atoms with Crippen LogP contribution in [-0.4, -0.2) is 14.2 Å². The summed E-state index contributed by atoms with van der Waals surface area (Å²) in [4.78, 5) is 0.327. The van der Waals surface area contributed by atoms with Crippen molar-refractivity contribution in [3.8, 4) is 0 Å². The van der Waals surface area contributed by atoms with E-state index in [9.17, 15) is 12.8 Å². The van der Waals surface area contributed by atoms with Gasteiger partial charge in [0.15, 0.2) is 9.84 Å². The Labute approximate surface area is 124 Å². The fourth-order valence-corrected chi connectivity index (χ4v) is 2.85. The maximum Gasteiger partial charge on any atom is 0.178 e. The normalized spacial score (nSPS) is 11.4. The Morgan fingerprint density at radius 2 is 1.76 bits per heavy atom. The predicted molar refractivity (Wildman–Crippen MR) is 82.6 cm³/mol. The molecule has 2 rings (SSSR count). The molecule has 0 spiro atoms. The van der Waals surface area contributed by atoms with Crippen molar-refractivity contribution in [3.63, 3.8) is 0 Å². The largest absolute Gasteiger partial charge is 0.381 e. The Balaban J connectivity index is 2.05. The molecule has 0 bridgehead atoms. The predicted octanol–water partition coefficient (Wildman–Crippen LogP) is 3.54. The number of halogens is 1. The summed E-state index contributed by atoms with van der Waals surface area (Å²) in [6.45, 7) is 3.91. The van der Waals surface area contributed by atoms with Crippen LogP contribution >= 0.6 is 0 Å². The molecule has 2 aromatic carbocycles. The molecule has 0 heterocycles. The third-order valence-corrected chi connectivity index (χ3v) is 5.06. The first kappa shape index (κ1) is 15.5. The maximum absolute atomic E-state index is 13.2. The van der Waals surface area contributed by atoms with Crippen LogP contribution in [-0.2, 0) is 16.4 Å².